The lowest BCUT2D eigenvalue weighted by Gasteiger charge is -2.27. The summed E-state index contributed by atoms with van der Waals surface area (Å²) in [5.74, 6) is 0.0893. The summed E-state index contributed by atoms with van der Waals surface area (Å²) in [7, 11) is 1.92. The van der Waals surface area contributed by atoms with Crippen LogP contribution in [0.25, 0.3) is 0 Å². The van der Waals surface area contributed by atoms with E-state index >= 15 is 0 Å². The molecule has 1 heterocycles. The number of amides is 1. The van der Waals surface area contributed by atoms with Crippen molar-refractivity contribution < 1.29 is 9.90 Å². The minimum absolute atomic E-state index is 0.0893. The fourth-order valence-electron chi connectivity index (χ4n) is 2.02. The van der Waals surface area contributed by atoms with Gasteiger partial charge in [0.1, 0.15) is 0 Å². The lowest BCUT2D eigenvalue weighted by atomic mass is 10.0. The molecule has 18 heavy (non-hydrogen) atoms. The largest absolute Gasteiger partial charge is 0.395 e. The number of nitrogens with zero attached hydrogens (tertiary/aromatic N) is 2. The highest BCUT2D eigenvalue weighted by molar-refractivity contribution is 5.87. The molecule has 1 saturated heterocycles. The quantitative estimate of drug-likeness (QED) is 0.587. The number of hydrogen-bond donors (Lipinski definition) is 1. The van der Waals surface area contributed by atoms with Gasteiger partial charge < -0.3 is 14.9 Å². The Bertz CT molecular complexity index is 324. The van der Waals surface area contributed by atoms with Crippen molar-refractivity contribution in [3.05, 3.63) is 23.8 Å². The van der Waals surface area contributed by atoms with Gasteiger partial charge in [0, 0.05) is 32.3 Å². The van der Waals surface area contributed by atoms with Crippen LogP contribution < -0.4 is 0 Å². The van der Waals surface area contributed by atoms with Gasteiger partial charge in [0.2, 0.25) is 5.91 Å². The van der Waals surface area contributed by atoms with Crippen molar-refractivity contribution in [1.82, 2.24) is 9.80 Å². The number of hydrogen-bond acceptors (Lipinski definition) is 3. The molecular formula is C14H24N2O2. The second-order valence-corrected chi connectivity index (χ2v) is 4.70. The average molecular weight is 252 g/mol. The second-order valence-electron chi connectivity index (χ2n) is 4.70. The first kappa shape index (κ1) is 14.9. The van der Waals surface area contributed by atoms with Crippen molar-refractivity contribution in [2.75, 3.05) is 39.8 Å². The summed E-state index contributed by atoms with van der Waals surface area (Å²) in [5, 5.41) is 8.76. The lowest BCUT2D eigenvalue weighted by molar-refractivity contribution is -0.126. The number of piperidine rings is 1. The number of allylic oxidation sites excluding steroid dienone is 1. The molecule has 4 heteroatoms. The van der Waals surface area contributed by atoms with Crippen molar-refractivity contribution in [1.29, 1.82) is 0 Å². The average Bonchev–Trinajstić information content (AvgIpc) is 2.39. The maximum absolute atomic E-state index is 11.9. The second kappa shape index (κ2) is 8.06. The first-order valence-corrected chi connectivity index (χ1v) is 6.56. The van der Waals surface area contributed by atoms with Gasteiger partial charge in [-0.1, -0.05) is 17.7 Å². The molecule has 1 amide bonds. The minimum Gasteiger partial charge on any atom is -0.395 e. The van der Waals surface area contributed by atoms with Crippen LogP contribution >= 0.6 is 0 Å². The molecule has 0 aromatic carbocycles. The highest BCUT2D eigenvalue weighted by Gasteiger charge is 2.16. The van der Waals surface area contributed by atoms with Crippen LogP contribution in [-0.4, -0.2) is 60.6 Å². The van der Waals surface area contributed by atoms with Crippen LogP contribution in [0.1, 0.15) is 19.8 Å². The smallest absolute Gasteiger partial charge is 0.246 e. The predicted octanol–water partition coefficient (Wildman–Crippen LogP) is 1.04. The predicted molar refractivity (Wildman–Crippen MR) is 73.3 cm³/mol. The Kier molecular flexibility index (Phi) is 6.68. The monoisotopic (exact) mass is 252 g/mol. The Balaban J connectivity index is 2.38. The molecule has 0 aromatic heterocycles. The Morgan fingerprint density at radius 2 is 2.33 bits per heavy atom. The van der Waals surface area contributed by atoms with Crippen LogP contribution in [0.4, 0.5) is 0 Å². The van der Waals surface area contributed by atoms with Gasteiger partial charge in [0.05, 0.1) is 6.61 Å². The molecule has 0 aliphatic carbocycles. The normalized spacial score (nSPS) is 19.1. The zero-order chi connectivity index (χ0) is 13.4. The number of likely N-dealkylation sites (N-methyl/N-ethyl adjacent to an activating group) is 1. The van der Waals surface area contributed by atoms with Gasteiger partial charge in [-0.3, -0.25) is 4.79 Å². The summed E-state index contributed by atoms with van der Waals surface area (Å²) in [6, 6.07) is 0. The van der Waals surface area contributed by atoms with Crippen LogP contribution in [-0.2, 0) is 4.79 Å². The molecule has 1 fully saturated rings. The molecule has 1 aliphatic heterocycles. The Hall–Kier alpha value is -1.13. The topological polar surface area (TPSA) is 43.8 Å². The Labute approximate surface area is 110 Å². The molecule has 1 N–H and O–H groups in total. The summed E-state index contributed by atoms with van der Waals surface area (Å²) in [5.41, 5.74) is 1.35. The number of aliphatic hydroxyl groups is 1. The lowest BCUT2D eigenvalue weighted by Crippen LogP contribution is -2.35. The molecular weight excluding hydrogens is 228 g/mol. The molecule has 0 spiro atoms. The molecule has 0 unspecified atom stereocenters. The van der Waals surface area contributed by atoms with E-state index in [4.69, 9.17) is 5.11 Å². The van der Waals surface area contributed by atoms with E-state index in [2.05, 4.69) is 6.08 Å². The van der Waals surface area contributed by atoms with E-state index in [0.29, 0.717) is 13.1 Å². The van der Waals surface area contributed by atoms with Crippen LogP contribution in [0.3, 0.4) is 0 Å². The van der Waals surface area contributed by atoms with E-state index in [-0.39, 0.29) is 12.5 Å². The maximum atomic E-state index is 11.9. The van der Waals surface area contributed by atoms with Crippen LogP contribution in [0.2, 0.25) is 0 Å². The summed E-state index contributed by atoms with van der Waals surface area (Å²) in [6.07, 6.45) is 7.79. The van der Waals surface area contributed by atoms with E-state index in [1.54, 1.807) is 6.08 Å². The molecule has 0 radical (unpaired) electrons. The van der Waals surface area contributed by atoms with Gasteiger partial charge in [-0.05, 0) is 26.8 Å². The summed E-state index contributed by atoms with van der Waals surface area (Å²) in [6.45, 7) is 5.12. The number of aliphatic hydroxyl groups excluding tert-OH is 1. The highest BCUT2D eigenvalue weighted by Crippen LogP contribution is 2.15. The molecule has 0 aromatic rings. The van der Waals surface area contributed by atoms with E-state index in [0.717, 1.165) is 25.9 Å². The molecule has 4 nitrogen and oxygen atoms in total. The summed E-state index contributed by atoms with van der Waals surface area (Å²) >= 11 is 0. The number of likely N-dealkylation sites (tertiary alicyclic amines) is 1. The molecule has 0 atom stereocenters. The van der Waals surface area contributed by atoms with Gasteiger partial charge in [-0.25, -0.2) is 0 Å². The van der Waals surface area contributed by atoms with Crippen LogP contribution in [0, 0.1) is 0 Å². The van der Waals surface area contributed by atoms with Crippen molar-refractivity contribution in [2.24, 2.45) is 0 Å². The Morgan fingerprint density at radius 3 is 3.00 bits per heavy atom. The Morgan fingerprint density at radius 1 is 1.56 bits per heavy atom. The number of carbonyl (C=O) groups excluding carboxylic acids is 1. The minimum atomic E-state index is 0.0893. The first-order chi connectivity index (χ1) is 8.67. The summed E-state index contributed by atoms with van der Waals surface area (Å²) in [4.78, 5) is 15.8. The standard InChI is InChI=1S/C14H24N2O2/c1-3-13-6-4-9-16(12-13)14(18)7-5-8-15(2)10-11-17/h3,5,7,17H,4,6,8-12H2,1-2H3/b7-5+,13-3-. The molecule has 1 rings (SSSR count). The highest BCUT2D eigenvalue weighted by atomic mass is 16.3. The van der Waals surface area contributed by atoms with Crippen molar-refractivity contribution in [3.8, 4) is 0 Å². The van der Waals surface area contributed by atoms with Gasteiger partial charge in [-0.15, -0.1) is 0 Å². The SMILES string of the molecule is C/C=C1/CCCN(C(=O)/C=C/CN(C)CCO)C1. The van der Waals surface area contributed by atoms with E-state index in [9.17, 15) is 4.79 Å². The molecule has 0 saturated carbocycles. The van der Waals surface area contributed by atoms with E-state index in [1.807, 2.05) is 29.8 Å². The molecule has 102 valence electrons. The van der Waals surface area contributed by atoms with Crippen LogP contribution in [0.5, 0.6) is 0 Å². The zero-order valence-electron chi connectivity index (χ0n) is 11.4. The third kappa shape index (κ3) is 5.02. The molecule has 0 bridgehead atoms. The van der Waals surface area contributed by atoms with Gasteiger partial charge >= 0.3 is 0 Å². The first-order valence-electron chi connectivity index (χ1n) is 6.56. The molecule has 1 aliphatic rings. The third-order valence-electron chi connectivity index (χ3n) is 3.20. The third-order valence-corrected chi connectivity index (χ3v) is 3.20. The van der Waals surface area contributed by atoms with Gasteiger partial charge in [0.15, 0.2) is 0 Å². The van der Waals surface area contributed by atoms with Gasteiger partial charge in [0.25, 0.3) is 0 Å². The van der Waals surface area contributed by atoms with Crippen molar-refractivity contribution in [3.63, 3.8) is 0 Å². The number of carbonyl (C=O) groups is 1. The fourth-order valence-corrected chi connectivity index (χ4v) is 2.02. The van der Waals surface area contributed by atoms with Crippen molar-refractivity contribution in [2.45, 2.75) is 19.8 Å². The van der Waals surface area contributed by atoms with E-state index in [1.165, 1.54) is 5.57 Å². The fraction of sp³-hybridized carbons (Fsp3) is 0.643. The zero-order valence-corrected chi connectivity index (χ0v) is 11.4. The summed E-state index contributed by atoms with van der Waals surface area (Å²) < 4.78 is 0. The number of rotatable bonds is 5. The van der Waals surface area contributed by atoms with Crippen LogP contribution in [0.15, 0.2) is 23.8 Å². The van der Waals surface area contributed by atoms with Crippen molar-refractivity contribution >= 4 is 5.91 Å². The maximum Gasteiger partial charge on any atom is 0.246 e. The van der Waals surface area contributed by atoms with E-state index < -0.39 is 0 Å². The van der Waals surface area contributed by atoms with Gasteiger partial charge in [-0.2, -0.15) is 0 Å².